The molecule has 0 amide bonds. The van der Waals surface area contributed by atoms with Gasteiger partial charge in [-0.05, 0) is 36.7 Å². The van der Waals surface area contributed by atoms with Crippen LogP contribution in [-0.2, 0) is 0 Å². The topological polar surface area (TPSA) is 15.9 Å². The fourth-order valence-corrected chi connectivity index (χ4v) is 2.76. The Labute approximate surface area is 110 Å². The average molecular weight is 282 g/mol. The van der Waals surface area contributed by atoms with Crippen molar-refractivity contribution in [2.24, 2.45) is 0 Å². The van der Waals surface area contributed by atoms with Crippen LogP contribution in [0.15, 0.2) is 36.7 Å². The number of aromatic nitrogens is 2. The molecule has 2 aliphatic rings. The van der Waals surface area contributed by atoms with E-state index in [1.807, 2.05) is 0 Å². The van der Waals surface area contributed by atoms with E-state index in [0.717, 1.165) is 21.4 Å². The van der Waals surface area contributed by atoms with E-state index >= 15 is 0 Å². The molecule has 0 saturated heterocycles. The minimum absolute atomic E-state index is 0.0526. The zero-order valence-electron chi connectivity index (χ0n) is 10.1. The minimum Gasteiger partial charge on any atom is -0.388 e. The van der Waals surface area contributed by atoms with Gasteiger partial charge in [-0.1, -0.05) is 0 Å². The number of hydrogen-bond acceptors (Lipinski definition) is 0. The van der Waals surface area contributed by atoms with Crippen molar-refractivity contribution in [2.45, 2.75) is 0 Å². The summed E-state index contributed by atoms with van der Waals surface area (Å²) in [6.07, 6.45) is 4.46. The highest BCUT2D eigenvalue weighted by atomic mass is 19.3. The lowest BCUT2D eigenvalue weighted by atomic mass is 9.89. The summed E-state index contributed by atoms with van der Waals surface area (Å²) in [6, 6.07) is 5.58. The third kappa shape index (κ3) is 1.19. The first-order valence-electron chi connectivity index (χ1n) is 6.07. The highest BCUT2D eigenvalue weighted by molar-refractivity contribution is 6.60. The zero-order chi connectivity index (χ0) is 14.1. The summed E-state index contributed by atoms with van der Waals surface area (Å²) >= 11 is 0. The van der Waals surface area contributed by atoms with Gasteiger partial charge in [0.1, 0.15) is 0 Å². The number of rotatable bonds is 0. The van der Waals surface area contributed by atoms with Crippen molar-refractivity contribution < 1.29 is 26.5 Å². The van der Waals surface area contributed by atoms with Crippen LogP contribution in [-0.4, -0.2) is 44.5 Å². The molecule has 0 saturated carbocycles. The maximum Gasteiger partial charge on any atom is 0.789 e. The first-order chi connectivity index (χ1) is 9.42. The highest BCUT2D eigenvalue weighted by Gasteiger charge is 2.63. The van der Waals surface area contributed by atoms with Gasteiger partial charge in [0.15, 0.2) is 12.4 Å². The molecule has 2 aliphatic heterocycles. The maximum absolute atomic E-state index is 14.4. The predicted octanol–water partition coefficient (Wildman–Crippen LogP) is 1.24. The summed E-state index contributed by atoms with van der Waals surface area (Å²) in [4.78, 5) is 0. The Hall–Kier alpha value is -2.25. The van der Waals surface area contributed by atoms with Gasteiger partial charge in [-0.3, -0.25) is 0 Å². The van der Waals surface area contributed by atoms with Gasteiger partial charge >= 0.3 is 13.9 Å². The van der Waals surface area contributed by atoms with Gasteiger partial charge in [0.2, 0.25) is 0 Å². The molecule has 0 bridgehead atoms. The number of hydrazine groups is 1. The van der Waals surface area contributed by atoms with E-state index in [2.05, 4.69) is 0 Å². The van der Waals surface area contributed by atoms with Crippen molar-refractivity contribution >= 4 is 26.4 Å². The number of fused-ring (bicyclic) bond motifs is 3. The molecule has 4 heterocycles. The SMILES string of the molecule is F[B-]1(F)n2cccc2C=[N+]2[N+]1=Cc1cccn1[B-]2(F)F. The number of hydrazone groups is 2. The summed E-state index contributed by atoms with van der Waals surface area (Å²) in [7, 11) is 0. The standard InChI is InChI=1S/C10H8B2F4N4/c13-11(14)17-5-1-3-9(17)7-19-12(15,16)18-6-2-4-10(18)8-20(11)19/h1-8H. The molecular weight excluding hydrogens is 274 g/mol. The van der Waals surface area contributed by atoms with Crippen LogP contribution in [0.1, 0.15) is 11.4 Å². The van der Waals surface area contributed by atoms with E-state index in [4.69, 9.17) is 0 Å². The molecule has 4 nitrogen and oxygen atoms in total. The fourth-order valence-electron chi connectivity index (χ4n) is 2.76. The molecule has 0 unspecified atom stereocenters. The van der Waals surface area contributed by atoms with Crippen LogP contribution in [0.25, 0.3) is 0 Å². The molecule has 20 heavy (non-hydrogen) atoms. The van der Waals surface area contributed by atoms with Crippen LogP contribution in [0.3, 0.4) is 0 Å². The van der Waals surface area contributed by atoms with E-state index in [0.29, 0.717) is 9.19 Å². The predicted molar refractivity (Wildman–Crippen MR) is 66.5 cm³/mol. The van der Waals surface area contributed by atoms with Gasteiger partial charge in [-0.15, -0.1) is 9.19 Å². The van der Waals surface area contributed by atoms with Crippen molar-refractivity contribution in [2.75, 3.05) is 0 Å². The molecule has 0 aliphatic carbocycles. The van der Waals surface area contributed by atoms with Crippen molar-refractivity contribution in [3.05, 3.63) is 48.0 Å². The van der Waals surface area contributed by atoms with Gasteiger partial charge in [0.25, 0.3) is 0 Å². The Morgan fingerprint density at radius 3 is 1.55 bits per heavy atom. The molecule has 0 atom stereocenters. The van der Waals surface area contributed by atoms with Gasteiger partial charge in [0.05, 0.1) is 11.4 Å². The van der Waals surface area contributed by atoms with Crippen molar-refractivity contribution in [3.63, 3.8) is 0 Å². The zero-order valence-corrected chi connectivity index (χ0v) is 10.1. The van der Waals surface area contributed by atoms with Gasteiger partial charge in [-0.2, -0.15) is 0 Å². The van der Waals surface area contributed by atoms with Gasteiger partial charge < -0.3 is 26.2 Å². The van der Waals surface area contributed by atoms with E-state index in [-0.39, 0.29) is 11.4 Å². The van der Waals surface area contributed by atoms with E-state index < -0.39 is 13.9 Å². The molecule has 0 aromatic carbocycles. The van der Waals surface area contributed by atoms with Crippen LogP contribution in [0, 0.1) is 0 Å². The summed E-state index contributed by atoms with van der Waals surface area (Å²) in [6.45, 7) is -8.66. The Morgan fingerprint density at radius 1 is 0.750 bits per heavy atom. The van der Waals surface area contributed by atoms with Crippen LogP contribution in [0.5, 0.6) is 0 Å². The average Bonchev–Trinajstić information content (AvgIpc) is 3.00. The Bertz CT molecular complexity index is 723. The molecule has 4 rings (SSSR count). The molecular formula is C10H8B2F4N4. The van der Waals surface area contributed by atoms with E-state index in [9.17, 15) is 17.3 Å². The van der Waals surface area contributed by atoms with Crippen LogP contribution in [0.4, 0.5) is 17.3 Å². The number of halogens is 4. The molecule has 0 fully saturated rings. The van der Waals surface area contributed by atoms with Crippen LogP contribution in [0.2, 0.25) is 0 Å². The molecule has 0 spiro atoms. The Balaban J connectivity index is 2.08. The summed E-state index contributed by atoms with van der Waals surface area (Å²) in [5, 5.41) is 0. The highest BCUT2D eigenvalue weighted by Crippen LogP contribution is 2.27. The lowest BCUT2D eigenvalue weighted by molar-refractivity contribution is -1.01. The largest absolute Gasteiger partial charge is 0.789 e. The molecule has 0 radical (unpaired) electrons. The maximum atomic E-state index is 14.4. The fraction of sp³-hybridized carbons (Fsp3) is 0. The third-order valence-electron chi connectivity index (χ3n) is 3.73. The quantitative estimate of drug-likeness (QED) is 0.510. The van der Waals surface area contributed by atoms with E-state index in [1.165, 1.54) is 36.7 Å². The van der Waals surface area contributed by atoms with Crippen molar-refractivity contribution in [1.82, 2.24) is 8.96 Å². The number of nitrogens with zero attached hydrogens (tertiary/aromatic N) is 4. The summed E-state index contributed by atoms with van der Waals surface area (Å²) in [5.74, 6) is 0. The molecule has 0 N–H and O–H groups in total. The minimum atomic E-state index is -4.33. The lowest BCUT2D eigenvalue weighted by Gasteiger charge is -2.33. The molecule has 2 aromatic rings. The van der Waals surface area contributed by atoms with Crippen LogP contribution < -0.4 is 0 Å². The van der Waals surface area contributed by atoms with Gasteiger partial charge in [-0.25, -0.2) is 0 Å². The third-order valence-corrected chi connectivity index (χ3v) is 3.73. The second-order valence-electron chi connectivity index (χ2n) is 4.88. The number of hydrogen-bond donors (Lipinski definition) is 0. The Kier molecular flexibility index (Phi) is 1.88. The normalized spacial score (nSPS) is 21.4. The lowest BCUT2D eigenvalue weighted by Crippen LogP contribution is -2.66. The first kappa shape index (κ1) is 11.6. The second kappa shape index (κ2) is 3.25. The van der Waals surface area contributed by atoms with Crippen molar-refractivity contribution in [1.29, 1.82) is 0 Å². The first-order valence-corrected chi connectivity index (χ1v) is 6.07. The second-order valence-corrected chi connectivity index (χ2v) is 4.88. The molecule has 102 valence electrons. The molecule has 10 heteroatoms. The van der Waals surface area contributed by atoms with E-state index in [1.54, 1.807) is 0 Å². The van der Waals surface area contributed by atoms with Crippen LogP contribution >= 0.6 is 0 Å². The summed E-state index contributed by atoms with van der Waals surface area (Å²) in [5.41, 5.74) is 0.105. The molecule has 2 aromatic heterocycles. The monoisotopic (exact) mass is 282 g/mol. The Morgan fingerprint density at radius 2 is 1.15 bits per heavy atom. The smallest absolute Gasteiger partial charge is 0.388 e. The van der Waals surface area contributed by atoms with Crippen molar-refractivity contribution in [3.8, 4) is 0 Å². The summed E-state index contributed by atoms with van der Waals surface area (Å²) < 4.78 is 59.9. The van der Waals surface area contributed by atoms with Gasteiger partial charge in [0, 0.05) is 0 Å².